The van der Waals surface area contributed by atoms with E-state index in [4.69, 9.17) is 9.73 Å². The van der Waals surface area contributed by atoms with Crippen LogP contribution >= 0.6 is 0 Å². The second kappa shape index (κ2) is 7.02. The number of rotatable bonds is 3. The molecule has 1 aromatic carbocycles. The summed E-state index contributed by atoms with van der Waals surface area (Å²) in [7, 11) is 1.45. The smallest absolute Gasteiger partial charge is 0.307 e. The zero-order valence-corrected chi connectivity index (χ0v) is 14.0. The zero-order valence-electron chi connectivity index (χ0n) is 14.0. The molecule has 3 rings (SSSR count). The second-order valence-corrected chi connectivity index (χ2v) is 6.10. The first-order chi connectivity index (χ1) is 11.2. The number of nitrogens with zero attached hydrogens (tertiary/aromatic N) is 3. The van der Waals surface area contributed by atoms with Crippen LogP contribution in [0.15, 0.2) is 29.3 Å². The Morgan fingerprint density at radius 3 is 2.70 bits per heavy atom. The maximum atomic E-state index is 11.9. The Morgan fingerprint density at radius 1 is 1.26 bits per heavy atom. The molecule has 1 unspecified atom stereocenters. The topological polar surface area (TPSA) is 45.1 Å². The number of hydrogen-bond acceptors (Lipinski definition) is 5. The molecule has 1 atom stereocenters. The second-order valence-electron chi connectivity index (χ2n) is 6.10. The van der Waals surface area contributed by atoms with Crippen molar-refractivity contribution in [1.82, 2.24) is 9.80 Å². The molecule has 0 bridgehead atoms. The number of hydrogen-bond donors (Lipinski definition) is 0. The molecular formula is C18H25N3O2. The highest BCUT2D eigenvalue weighted by Gasteiger charge is 2.33. The molecule has 0 spiro atoms. The molecule has 0 saturated carbocycles. The van der Waals surface area contributed by atoms with Gasteiger partial charge in [0.2, 0.25) is 5.96 Å². The van der Waals surface area contributed by atoms with Crippen LogP contribution in [0.25, 0.3) is 0 Å². The van der Waals surface area contributed by atoms with Crippen molar-refractivity contribution in [1.29, 1.82) is 0 Å². The lowest BCUT2D eigenvalue weighted by Gasteiger charge is -2.42. The van der Waals surface area contributed by atoms with E-state index < -0.39 is 0 Å². The number of piperidine rings is 1. The van der Waals surface area contributed by atoms with E-state index in [1.807, 2.05) is 18.2 Å². The molecule has 5 heteroatoms. The standard InChI is InChI=1S/C18H25N3O2/c1-3-21-16(13-17(22)23-2)14-9-5-6-10-15(14)19-18(21)20-11-7-4-8-12-20/h5-6,9-10,16H,3-4,7-8,11-13H2,1-2H3. The summed E-state index contributed by atoms with van der Waals surface area (Å²) in [4.78, 5) is 21.5. The van der Waals surface area contributed by atoms with Crippen LogP contribution in [0, 0.1) is 0 Å². The van der Waals surface area contributed by atoms with Gasteiger partial charge in [0.15, 0.2) is 0 Å². The summed E-state index contributed by atoms with van der Waals surface area (Å²) >= 11 is 0. The zero-order chi connectivity index (χ0) is 16.2. The highest BCUT2D eigenvalue weighted by atomic mass is 16.5. The van der Waals surface area contributed by atoms with Gasteiger partial charge in [0.1, 0.15) is 0 Å². The first-order valence-corrected chi connectivity index (χ1v) is 8.50. The molecule has 2 aliphatic rings. The van der Waals surface area contributed by atoms with Crippen LogP contribution < -0.4 is 0 Å². The fourth-order valence-corrected chi connectivity index (χ4v) is 3.52. The van der Waals surface area contributed by atoms with Crippen LogP contribution in [-0.4, -0.2) is 48.5 Å². The Hall–Kier alpha value is -2.04. The van der Waals surface area contributed by atoms with E-state index in [1.54, 1.807) is 0 Å². The van der Waals surface area contributed by atoms with Crippen molar-refractivity contribution >= 4 is 17.6 Å². The van der Waals surface area contributed by atoms with E-state index >= 15 is 0 Å². The van der Waals surface area contributed by atoms with E-state index in [9.17, 15) is 4.79 Å². The van der Waals surface area contributed by atoms with Gasteiger partial charge in [-0.2, -0.15) is 0 Å². The third kappa shape index (κ3) is 3.19. The van der Waals surface area contributed by atoms with E-state index in [-0.39, 0.29) is 12.0 Å². The van der Waals surface area contributed by atoms with E-state index in [0.717, 1.165) is 36.8 Å². The van der Waals surface area contributed by atoms with Crippen molar-refractivity contribution in [3.05, 3.63) is 29.8 Å². The number of carbonyl (C=O) groups excluding carboxylic acids is 1. The molecule has 0 amide bonds. The van der Waals surface area contributed by atoms with Crippen LogP contribution in [-0.2, 0) is 9.53 Å². The van der Waals surface area contributed by atoms with E-state index in [1.165, 1.54) is 26.4 Å². The maximum Gasteiger partial charge on any atom is 0.307 e. The van der Waals surface area contributed by atoms with Gasteiger partial charge in [0.25, 0.3) is 0 Å². The molecule has 0 radical (unpaired) electrons. The lowest BCUT2D eigenvalue weighted by molar-refractivity contribution is -0.141. The fourth-order valence-electron chi connectivity index (χ4n) is 3.52. The summed E-state index contributed by atoms with van der Waals surface area (Å²) in [5, 5.41) is 0. The fraction of sp³-hybridized carbons (Fsp3) is 0.556. The number of carbonyl (C=O) groups is 1. The first-order valence-electron chi connectivity index (χ1n) is 8.50. The minimum absolute atomic E-state index is 0.00178. The number of benzene rings is 1. The molecule has 1 aromatic rings. The lowest BCUT2D eigenvalue weighted by atomic mass is 9.98. The van der Waals surface area contributed by atoms with Crippen LogP contribution in [0.4, 0.5) is 5.69 Å². The molecule has 23 heavy (non-hydrogen) atoms. The van der Waals surface area contributed by atoms with E-state index in [2.05, 4.69) is 22.8 Å². The number of fused-ring (bicyclic) bond motifs is 1. The Kier molecular flexibility index (Phi) is 4.84. The highest BCUT2D eigenvalue weighted by Crippen LogP contribution is 2.37. The number of esters is 1. The number of ether oxygens (including phenoxy) is 1. The molecule has 1 fully saturated rings. The lowest BCUT2D eigenvalue weighted by Crippen LogP contribution is -2.49. The maximum absolute atomic E-state index is 11.9. The average molecular weight is 315 g/mol. The normalized spacial score (nSPS) is 20.8. The summed E-state index contributed by atoms with van der Waals surface area (Å²) in [6.07, 6.45) is 4.06. The predicted octanol–water partition coefficient (Wildman–Crippen LogP) is 3.10. The van der Waals surface area contributed by atoms with Gasteiger partial charge < -0.3 is 14.5 Å². The molecule has 124 valence electrons. The van der Waals surface area contributed by atoms with Gasteiger partial charge in [-0.15, -0.1) is 0 Å². The third-order valence-corrected chi connectivity index (χ3v) is 4.72. The van der Waals surface area contributed by atoms with Crippen molar-refractivity contribution in [3.8, 4) is 0 Å². The largest absolute Gasteiger partial charge is 0.469 e. The van der Waals surface area contributed by atoms with Gasteiger partial charge in [-0.25, -0.2) is 4.99 Å². The minimum Gasteiger partial charge on any atom is -0.469 e. The Balaban J connectivity index is 1.98. The number of methoxy groups -OCH3 is 1. The van der Waals surface area contributed by atoms with Gasteiger partial charge in [0.05, 0.1) is 25.3 Å². The third-order valence-electron chi connectivity index (χ3n) is 4.72. The molecule has 2 heterocycles. The summed E-state index contributed by atoms with van der Waals surface area (Å²) in [5.41, 5.74) is 2.09. The summed E-state index contributed by atoms with van der Waals surface area (Å²) in [5.74, 6) is 0.836. The van der Waals surface area contributed by atoms with Crippen molar-refractivity contribution in [2.24, 2.45) is 4.99 Å². The summed E-state index contributed by atoms with van der Waals surface area (Å²) in [6, 6.07) is 8.13. The van der Waals surface area contributed by atoms with Gasteiger partial charge in [-0.3, -0.25) is 4.79 Å². The van der Waals surface area contributed by atoms with Crippen LogP contribution in [0.2, 0.25) is 0 Å². The van der Waals surface area contributed by atoms with Crippen LogP contribution in [0.1, 0.15) is 44.2 Å². The Labute approximate surface area is 137 Å². The SMILES string of the molecule is CCN1C(N2CCCCC2)=Nc2ccccc2C1CC(=O)OC. The number of likely N-dealkylation sites (tertiary alicyclic amines) is 1. The minimum atomic E-state index is -0.178. The van der Waals surface area contributed by atoms with Crippen molar-refractivity contribution in [2.75, 3.05) is 26.7 Å². The Bertz CT molecular complexity index is 594. The summed E-state index contributed by atoms with van der Waals surface area (Å²) in [6.45, 7) is 5.04. The summed E-state index contributed by atoms with van der Waals surface area (Å²) < 4.78 is 4.92. The van der Waals surface area contributed by atoms with Crippen molar-refractivity contribution < 1.29 is 9.53 Å². The number of para-hydroxylation sites is 1. The molecule has 5 nitrogen and oxygen atoms in total. The van der Waals surface area contributed by atoms with Gasteiger partial charge >= 0.3 is 5.97 Å². The molecule has 2 aliphatic heterocycles. The predicted molar refractivity (Wildman–Crippen MR) is 90.7 cm³/mol. The van der Waals surface area contributed by atoms with Gasteiger partial charge in [-0.05, 0) is 32.3 Å². The van der Waals surface area contributed by atoms with Crippen molar-refractivity contribution in [2.45, 2.75) is 38.6 Å². The first kappa shape index (κ1) is 15.8. The van der Waals surface area contributed by atoms with Crippen LogP contribution in [0.5, 0.6) is 0 Å². The molecule has 0 N–H and O–H groups in total. The number of aliphatic imine (C=N–C) groups is 1. The quantitative estimate of drug-likeness (QED) is 0.804. The molecule has 0 aliphatic carbocycles. The molecule has 0 aromatic heterocycles. The van der Waals surface area contributed by atoms with Crippen molar-refractivity contribution in [3.63, 3.8) is 0 Å². The van der Waals surface area contributed by atoms with Crippen LogP contribution in [0.3, 0.4) is 0 Å². The van der Waals surface area contributed by atoms with E-state index in [0.29, 0.717) is 6.42 Å². The average Bonchev–Trinajstić information content (AvgIpc) is 2.62. The van der Waals surface area contributed by atoms with Gasteiger partial charge in [0, 0.05) is 25.2 Å². The number of guanidine groups is 1. The van der Waals surface area contributed by atoms with Gasteiger partial charge in [-0.1, -0.05) is 18.2 Å². The molecule has 1 saturated heterocycles. The highest BCUT2D eigenvalue weighted by molar-refractivity contribution is 5.87. The Morgan fingerprint density at radius 2 is 2.00 bits per heavy atom. The monoisotopic (exact) mass is 315 g/mol. The molecular weight excluding hydrogens is 290 g/mol.